The van der Waals surface area contributed by atoms with E-state index in [2.05, 4.69) is 22.5 Å². The number of ether oxygens (including phenoxy) is 2. The lowest BCUT2D eigenvalue weighted by atomic mass is 10.1. The molecule has 11 heteroatoms. The highest BCUT2D eigenvalue weighted by molar-refractivity contribution is 6.34. The maximum Gasteiger partial charge on any atom is 0.407 e. The molecule has 9 nitrogen and oxygen atoms in total. The molecule has 1 aliphatic rings. The maximum atomic E-state index is 13.4. The van der Waals surface area contributed by atoms with Crippen molar-refractivity contribution in [2.24, 2.45) is 0 Å². The third kappa shape index (κ3) is 10.8. The van der Waals surface area contributed by atoms with Crippen LogP contribution < -0.4 is 16.0 Å². The van der Waals surface area contributed by atoms with Crippen molar-refractivity contribution in [2.45, 2.75) is 57.8 Å². The van der Waals surface area contributed by atoms with Crippen molar-refractivity contribution in [3.05, 3.63) is 46.5 Å². The van der Waals surface area contributed by atoms with Crippen LogP contribution in [-0.2, 0) is 20.8 Å². The van der Waals surface area contributed by atoms with E-state index in [1.54, 1.807) is 43.9 Å². The van der Waals surface area contributed by atoms with E-state index in [9.17, 15) is 14.4 Å². The highest BCUT2D eigenvalue weighted by atomic mass is 35.5. The minimum Gasteiger partial charge on any atom is -0.445 e. The van der Waals surface area contributed by atoms with E-state index in [4.69, 9.17) is 32.7 Å². The smallest absolute Gasteiger partial charge is 0.407 e. The minimum absolute atomic E-state index is 0.108. The number of rotatable bonds is 9. The van der Waals surface area contributed by atoms with Crippen LogP contribution in [0, 0.1) is 0 Å². The fraction of sp³-hybridized carbons (Fsp3) is 0.542. The second-order valence-electron chi connectivity index (χ2n) is 9.23. The first kappa shape index (κ1) is 28.7. The van der Waals surface area contributed by atoms with Gasteiger partial charge in [-0.2, -0.15) is 0 Å². The maximum absolute atomic E-state index is 13.4. The normalized spacial score (nSPS) is 18.4. The first-order chi connectivity index (χ1) is 16.5. The van der Waals surface area contributed by atoms with Crippen molar-refractivity contribution < 1.29 is 23.9 Å². The van der Waals surface area contributed by atoms with Crippen LogP contribution in [-0.4, -0.2) is 66.9 Å². The van der Waals surface area contributed by atoms with Gasteiger partial charge in [0.05, 0.1) is 6.04 Å². The Morgan fingerprint density at radius 2 is 1.89 bits per heavy atom. The molecule has 1 fully saturated rings. The van der Waals surface area contributed by atoms with E-state index in [-0.39, 0.29) is 31.6 Å². The summed E-state index contributed by atoms with van der Waals surface area (Å²) in [7, 11) is 0. The number of alkyl carbamates (subject to hydrolysis) is 2. The molecule has 2 unspecified atom stereocenters. The summed E-state index contributed by atoms with van der Waals surface area (Å²) in [5, 5.41) is 9.69. The molecule has 0 radical (unpaired) electrons. The molecule has 0 saturated carbocycles. The number of nitrogens with one attached hydrogen (secondary N) is 3. The summed E-state index contributed by atoms with van der Waals surface area (Å²) in [5.74, 6) is -0.121. The molecule has 0 bridgehead atoms. The minimum atomic E-state index is -0.619. The van der Waals surface area contributed by atoms with Crippen molar-refractivity contribution in [3.63, 3.8) is 0 Å². The highest BCUT2D eigenvalue weighted by Crippen LogP contribution is 2.21. The monoisotopic (exact) mass is 528 g/mol. The number of benzene rings is 1. The van der Waals surface area contributed by atoms with Crippen LogP contribution in [0.5, 0.6) is 0 Å². The Bertz CT molecular complexity index is 886. The van der Waals surface area contributed by atoms with Gasteiger partial charge in [-0.3, -0.25) is 4.79 Å². The van der Waals surface area contributed by atoms with Crippen LogP contribution in [0.15, 0.2) is 30.9 Å². The molecule has 3 amide bonds. The largest absolute Gasteiger partial charge is 0.445 e. The summed E-state index contributed by atoms with van der Waals surface area (Å²) in [6.45, 7) is 10.3. The highest BCUT2D eigenvalue weighted by Gasteiger charge is 2.31. The molecule has 1 saturated heterocycles. The fourth-order valence-electron chi connectivity index (χ4n) is 3.55. The molecule has 35 heavy (non-hydrogen) atoms. The molecular formula is C24H34Cl2N4O5. The first-order valence-corrected chi connectivity index (χ1v) is 12.2. The molecule has 2 atom stereocenters. The molecule has 1 aromatic rings. The van der Waals surface area contributed by atoms with Gasteiger partial charge in [0.25, 0.3) is 0 Å². The number of nitrogens with zero attached hydrogens (tertiary/aromatic N) is 1. The number of hydrogen-bond acceptors (Lipinski definition) is 6. The van der Waals surface area contributed by atoms with Crippen molar-refractivity contribution in [1.82, 2.24) is 20.9 Å². The van der Waals surface area contributed by atoms with Crippen LogP contribution in [0.2, 0.25) is 10.0 Å². The zero-order valence-corrected chi connectivity index (χ0v) is 21.9. The number of halogens is 2. The van der Waals surface area contributed by atoms with Gasteiger partial charge in [-0.15, -0.1) is 0 Å². The second-order valence-corrected chi connectivity index (χ2v) is 10.1. The quantitative estimate of drug-likeness (QED) is 0.419. The number of carbonyl (C=O) groups excluding carboxylic acids is 3. The van der Waals surface area contributed by atoms with Crippen molar-refractivity contribution >= 4 is 41.3 Å². The number of carbonyl (C=O) groups is 3. The van der Waals surface area contributed by atoms with Gasteiger partial charge >= 0.3 is 12.2 Å². The summed E-state index contributed by atoms with van der Waals surface area (Å²) in [5.41, 5.74) is 0.193. The Kier molecular flexibility index (Phi) is 11.1. The molecule has 3 N–H and O–H groups in total. The van der Waals surface area contributed by atoms with Gasteiger partial charge in [-0.1, -0.05) is 35.9 Å². The summed E-state index contributed by atoms with van der Waals surface area (Å²) in [4.78, 5) is 38.9. The van der Waals surface area contributed by atoms with E-state index in [1.165, 1.54) is 6.08 Å². The van der Waals surface area contributed by atoms with E-state index in [0.29, 0.717) is 36.0 Å². The van der Waals surface area contributed by atoms with Crippen LogP contribution in [0.1, 0.15) is 39.2 Å². The standard InChI is InChI=1S/C24H34Cl2N4O5/c1-5-10-34-22(32)28-14-19-7-9-30(15-16-11-17(25)13-18(26)12-16)21(31)20(29-19)6-8-27-23(33)35-24(2,3)4/h5,11-13,19-20,29H,1,6-10,14-15H2,2-4H3,(H,27,33)(H,28,32). The van der Waals surface area contributed by atoms with E-state index >= 15 is 0 Å². The number of hydrogen-bond donors (Lipinski definition) is 3. The lowest BCUT2D eigenvalue weighted by Crippen LogP contribution is -2.50. The zero-order valence-electron chi connectivity index (χ0n) is 20.4. The third-order valence-electron chi connectivity index (χ3n) is 5.02. The summed E-state index contributed by atoms with van der Waals surface area (Å²) < 4.78 is 10.2. The molecule has 2 rings (SSSR count). The van der Waals surface area contributed by atoms with Crippen LogP contribution in [0.25, 0.3) is 0 Å². The third-order valence-corrected chi connectivity index (χ3v) is 5.45. The van der Waals surface area contributed by atoms with Gasteiger partial charge < -0.3 is 30.3 Å². The van der Waals surface area contributed by atoms with Gasteiger partial charge in [0, 0.05) is 42.3 Å². The Balaban J connectivity index is 2.07. The van der Waals surface area contributed by atoms with Gasteiger partial charge in [-0.25, -0.2) is 9.59 Å². The van der Waals surface area contributed by atoms with Gasteiger partial charge in [0.15, 0.2) is 0 Å². The van der Waals surface area contributed by atoms with Crippen LogP contribution in [0.4, 0.5) is 9.59 Å². The van der Waals surface area contributed by atoms with Crippen molar-refractivity contribution in [1.29, 1.82) is 0 Å². The van der Waals surface area contributed by atoms with Crippen molar-refractivity contribution in [3.8, 4) is 0 Å². The summed E-state index contributed by atoms with van der Waals surface area (Å²) in [6.07, 6.45) is 1.30. The zero-order chi connectivity index (χ0) is 26.0. The Morgan fingerprint density at radius 3 is 2.51 bits per heavy atom. The molecular weight excluding hydrogens is 495 g/mol. The Morgan fingerprint density at radius 1 is 1.20 bits per heavy atom. The van der Waals surface area contributed by atoms with Gasteiger partial charge in [-0.05, 0) is 57.4 Å². The molecule has 1 heterocycles. The Hall–Kier alpha value is -2.49. The predicted molar refractivity (Wildman–Crippen MR) is 136 cm³/mol. The van der Waals surface area contributed by atoms with E-state index in [0.717, 1.165) is 5.56 Å². The summed E-state index contributed by atoms with van der Waals surface area (Å²) >= 11 is 12.3. The Labute approximate surface area is 216 Å². The fourth-order valence-corrected chi connectivity index (χ4v) is 4.12. The van der Waals surface area contributed by atoms with Crippen LogP contribution in [0.3, 0.4) is 0 Å². The number of amides is 3. The van der Waals surface area contributed by atoms with E-state index in [1.807, 2.05) is 0 Å². The van der Waals surface area contributed by atoms with Gasteiger partial charge in [0.1, 0.15) is 12.2 Å². The van der Waals surface area contributed by atoms with Crippen molar-refractivity contribution in [2.75, 3.05) is 26.2 Å². The molecule has 1 aromatic carbocycles. The van der Waals surface area contributed by atoms with Crippen LogP contribution >= 0.6 is 23.2 Å². The molecule has 1 aliphatic heterocycles. The second kappa shape index (κ2) is 13.6. The lowest BCUT2D eigenvalue weighted by Gasteiger charge is -2.25. The average molecular weight is 529 g/mol. The SMILES string of the molecule is C=CCOC(=O)NCC1CCN(Cc2cc(Cl)cc(Cl)c2)C(=O)C(CCNC(=O)OC(C)(C)C)N1. The molecule has 0 aliphatic carbocycles. The topological polar surface area (TPSA) is 109 Å². The van der Waals surface area contributed by atoms with E-state index < -0.39 is 23.8 Å². The molecule has 0 aromatic heterocycles. The van der Waals surface area contributed by atoms with Gasteiger partial charge in [0.2, 0.25) is 5.91 Å². The molecule has 0 spiro atoms. The average Bonchev–Trinajstić information content (AvgIpc) is 2.88. The lowest BCUT2D eigenvalue weighted by molar-refractivity contribution is -0.133. The molecule has 194 valence electrons. The first-order valence-electron chi connectivity index (χ1n) is 11.4. The predicted octanol–water partition coefficient (Wildman–Crippen LogP) is 3.88. The summed E-state index contributed by atoms with van der Waals surface area (Å²) in [6, 6.07) is 4.41.